The number of carbonyl (C=O) groups excluding carboxylic acids is 4. The van der Waals surface area contributed by atoms with Crippen LogP contribution in [0.5, 0.6) is 11.5 Å². The van der Waals surface area contributed by atoms with Gasteiger partial charge in [-0.05, 0) is 88.8 Å². The van der Waals surface area contributed by atoms with Gasteiger partial charge in [-0.2, -0.15) is 0 Å². The number of esters is 3. The van der Waals surface area contributed by atoms with Crippen molar-refractivity contribution in [3.8, 4) is 21.4 Å². The van der Waals surface area contributed by atoms with E-state index >= 15 is 0 Å². The maximum absolute atomic E-state index is 13.2. The molecule has 5 rings (SSSR count). The number of benzene rings is 1. The number of hydrogen-bond acceptors (Lipinski definition) is 11. The van der Waals surface area contributed by atoms with E-state index in [-0.39, 0.29) is 41.8 Å². The number of aromatic nitrogens is 1. The summed E-state index contributed by atoms with van der Waals surface area (Å²) >= 11 is 3.09. The smallest absolute Gasteiger partial charge is 0.314 e. The van der Waals surface area contributed by atoms with Gasteiger partial charge < -0.3 is 23.7 Å². The van der Waals surface area contributed by atoms with Crippen LogP contribution in [0.15, 0.2) is 29.6 Å². The van der Waals surface area contributed by atoms with Crippen LogP contribution in [0.3, 0.4) is 0 Å². The molecule has 42 heavy (non-hydrogen) atoms. The third kappa shape index (κ3) is 7.55. The zero-order valence-corrected chi connectivity index (χ0v) is 25.6. The molecule has 0 aliphatic heterocycles. The maximum atomic E-state index is 13.2. The minimum atomic E-state index is -0.277. The number of thiophene rings is 1. The molecule has 0 bridgehead atoms. The first kappa shape index (κ1) is 31.6. The molecule has 9 nitrogen and oxygen atoms in total. The van der Waals surface area contributed by atoms with Crippen molar-refractivity contribution in [2.75, 3.05) is 13.2 Å². The highest BCUT2D eigenvalue weighted by molar-refractivity contribution is 7.25. The Labute approximate surface area is 253 Å². The number of carbonyl (C=O) groups is 4. The number of ether oxygens (including phenoxy) is 4. The Bertz CT molecular complexity index is 1340. The summed E-state index contributed by atoms with van der Waals surface area (Å²) in [6, 6.07) is 7.63. The molecule has 0 spiro atoms. The van der Waals surface area contributed by atoms with E-state index in [2.05, 4.69) is 0 Å². The van der Waals surface area contributed by atoms with E-state index in [1.807, 2.05) is 37.3 Å². The average molecular weight is 616 g/mol. The van der Waals surface area contributed by atoms with Crippen molar-refractivity contribution >= 4 is 57.6 Å². The molecule has 2 aliphatic rings. The average Bonchev–Trinajstić information content (AvgIpc) is 3.71. The molecule has 2 fully saturated rings. The van der Waals surface area contributed by atoms with E-state index in [1.54, 1.807) is 24.3 Å². The van der Waals surface area contributed by atoms with Crippen molar-refractivity contribution in [3.63, 3.8) is 0 Å². The van der Waals surface area contributed by atoms with Crippen molar-refractivity contribution in [1.29, 1.82) is 0 Å². The largest absolute Gasteiger partial charge is 0.488 e. The molecule has 1 aromatic carbocycles. The summed E-state index contributed by atoms with van der Waals surface area (Å²) in [5.41, 5.74) is 0.678. The van der Waals surface area contributed by atoms with Gasteiger partial charge in [-0.25, -0.2) is 4.98 Å². The lowest BCUT2D eigenvalue weighted by Gasteiger charge is -2.28. The van der Waals surface area contributed by atoms with Gasteiger partial charge in [0.1, 0.15) is 27.8 Å². The van der Waals surface area contributed by atoms with Gasteiger partial charge in [-0.1, -0.05) is 6.07 Å². The van der Waals surface area contributed by atoms with E-state index in [9.17, 15) is 14.4 Å². The molecule has 0 atom stereocenters. The summed E-state index contributed by atoms with van der Waals surface area (Å²) in [6.07, 6.45) is 5.43. The lowest BCUT2D eigenvalue weighted by Crippen LogP contribution is -2.29. The van der Waals surface area contributed by atoms with Crippen LogP contribution in [0, 0.1) is 17.8 Å². The molecule has 11 heteroatoms. The Morgan fingerprint density at radius 3 is 1.90 bits per heavy atom. The highest BCUT2D eigenvalue weighted by atomic mass is 32.1. The van der Waals surface area contributed by atoms with Crippen molar-refractivity contribution < 1.29 is 38.1 Å². The molecule has 0 saturated heterocycles. The molecule has 0 amide bonds. The van der Waals surface area contributed by atoms with E-state index < -0.39 is 0 Å². The molecule has 0 unspecified atom stereocenters. The highest BCUT2D eigenvalue weighted by Gasteiger charge is 2.33. The molecular weight excluding hydrogens is 578 g/mol. The number of fused-ring (bicyclic) bond motifs is 1. The lowest BCUT2D eigenvalue weighted by molar-refractivity contribution is -0.151. The second-order valence-electron chi connectivity index (χ2n) is 10.3. The van der Waals surface area contributed by atoms with Gasteiger partial charge in [0.05, 0.1) is 41.9 Å². The van der Waals surface area contributed by atoms with Gasteiger partial charge in [0, 0.05) is 0 Å². The summed E-state index contributed by atoms with van der Waals surface area (Å²) in [4.78, 5) is 51.3. The van der Waals surface area contributed by atoms with Gasteiger partial charge in [-0.3, -0.25) is 14.4 Å². The molecule has 0 N–H and O–H groups in total. The third-order valence-electron chi connectivity index (χ3n) is 7.68. The van der Waals surface area contributed by atoms with Crippen molar-refractivity contribution in [2.24, 2.45) is 17.8 Å². The van der Waals surface area contributed by atoms with Crippen molar-refractivity contribution in [3.05, 3.63) is 29.6 Å². The number of hydrogen-bond donors (Lipinski definition) is 0. The normalized spacial score (nSPS) is 22.0. The van der Waals surface area contributed by atoms with Gasteiger partial charge in [0.2, 0.25) is 0 Å². The first-order valence-electron chi connectivity index (χ1n) is 14.4. The fourth-order valence-corrected chi connectivity index (χ4v) is 7.34. The van der Waals surface area contributed by atoms with Gasteiger partial charge in [0.15, 0.2) is 5.75 Å². The van der Waals surface area contributed by atoms with Crippen LogP contribution in [0.2, 0.25) is 0 Å². The quantitative estimate of drug-likeness (QED) is 0.193. The van der Waals surface area contributed by atoms with E-state index in [4.69, 9.17) is 28.7 Å². The molecule has 2 heterocycles. The second-order valence-corrected chi connectivity index (χ2v) is 12.2. The lowest BCUT2D eigenvalue weighted by atomic mass is 9.82. The molecule has 3 aromatic rings. The van der Waals surface area contributed by atoms with Crippen LogP contribution >= 0.6 is 22.7 Å². The molecule has 2 saturated carbocycles. The van der Waals surface area contributed by atoms with Crippen molar-refractivity contribution in [2.45, 2.75) is 71.3 Å². The fraction of sp³-hybridized carbons (Fsp3) is 0.516. The zero-order chi connectivity index (χ0) is 30.1. The predicted molar refractivity (Wildman–Crippen MR) is 161 cm³/mol. The standard InChI is InChI=1S/C30H35NO7S2.CH2O/c1-3-35-28(32)18-7-9-20(10-8-18)30(34)38-23-16-15-22(25-26(23)40-27(31-25)24-6-5-17-39-24)37-21-13-11-19(12-14-21)29(33)36-4-2;1-2/h5-6,15-21H,3-4,7-14H2,1-2H3;1H2. The zero-order valence-electron chi connectivity index (χ0n) is 24.0. The summed E-state index contributed by atoms with van der Waals surface area (Å²) in [5, 5.41) is 2.85. The topological polar surface area (TPSA) is 118 Å². The minimum absolute atomic E-state index is 0.0243. The first-order valence-corrected chi connectivity index (χ1v) is 16.1. The van der Waals surface area contributed by atoms with Crippen LogP contribution in [-0.4, -0.2) is 49.0 Å². The second kappa shape index (κ2) is 15.2. The van der Waals surface area contributed by atoms with E-state index in [0.717, 1.165) is 40.3 Å². The van der Waals surface area contributed by atoms with Gasteiger partial charge >= 0.3 is 17.9 Å². The fourth-order valence-electron chi connectivity index (χ4n) is 5.51. The summed E-state index contributed by atoms with van der Waals surface area (Å²) < 4.78 is 23.5. The Morgan fingerprint density at radius 2 is 1.36 bits per heavy atom. The summed E-state index contributed by atoms with van der Waals surface area (Å²) in [5.74, 6) is 0.0925. The molecule has 2 aromatic heterocycles. The number of thiazole rings is 1. The van der Waals surface area contributed by atoms with Crippen LogP contribution in [-0.2, 0) is 28.7 Å². The molecular formula is C31H37NO8S2. The predicted octanol–water partition coefficient (Wildman–Crippen LogP) is 6.62. The van der Waals surface area contributed by atoms with Gasteiger partial charge in [0.25, 0.3) is 0 Å². The molecule has 2 aliphatic carbocycles. The highest BCUT2D eigenvalue weighted by Crippen LogP contribution is 2.43. The van der Waals surface area contributed by atoms with Crippen LogP contribution in [0.25, 0.3) is 20.1 Å². The third-order valence-corrected chi connectivity index (χ3v) is 9.79. The van der Waals surface area contributed by atoms with E-state index in [0.29, 0.717) is 55.9 Å². The monoisotopic (exact) mass is 615 g/mol. The Kier molecular flexibility index (Phi) is 11.5. The van der Waals surface area contributed by atoms with E-state index in [1.165, 1.54) is 11.3 Å². The Hall–Kier alpha value is -3.31. The SMILES string of the molecule is C=O.CCOC(=O)C1CCC(Oc2ccc(OC(=O)C3CCC(C(=O)OCC)CC3)c3sc(-c4cccs4)nc23)CC1. The van der Waals surface area contributed by atoms with Crippen LogP contribution in [0.1, 0.15) is 65.2 Å². The first-order chi connectivity index (χ1) is 20.5. The van der Waals surface area contributed by atoms with Crippen LogP contribution in [0.4, 0.5) is 0 Å². The number of rotatable bonds is 9. The summed E-state index contributed by atoms with van der Waals surface area (Å²) in [7, 11) is 0. The summed E-state index contributed by atoms with van der Waals surface area (Å²) in [6.45, 7) is 6.40. The molecule has 226 valence electrons. The molecule has 0 radical (unpaired) electrons. The van der Waals surface area contributed by atoms with Crippen molar-refractivity contribution in [1.82, 2.24) is 4.98 Å². The van der Waals surface area contributed by atoms with Gasteiger partial charge in [-0.15, -0.1) is 22.7 Å². The Balaban J connectivity index is 0.00000198. The van der Waals surface area contributed by atoms with Crippen LogP contribution < -0.4 is 9.47 Å². The number of nitrogens with zero attached hydrogens (tertiary/aromatic N) is 1. The maximum Gasteiger partial charge on any atom is 0.314 e. The Morgan fingerprint density at radius 1 is 0.810 bits per heavy atom. The minimum Gasteiger partial charge on any atom is -0.488 e.